The van der Waals surface area contributed by atoms with Crippen molar-refractivity contribution in [3.8, 4) is 5.75 Å². The van der Waals surface area contributed by atoms with E-state index < -0.39 is 0 Å². The summed E-state index contributed by atoms with van der Waals surface area (Å²) in [4.78, 5) is 13.2. The summed E-state index contributed by atoms with van der Waals surface area (Å²) in [6, 6.07) is 35.2. The summed E-state index contributed by atoms with van der Waals surface area (Å²) < 4.78 is 7.69. The Morgan fingerprint density at radius 2 is 1.54 bits per heavy atom. The zero-order valence-electron chi connectivity index (χ0n) is 21.4. The normalized spacial score (nSPS) is 11.8. The summed E-state index contributed by atoms with van der Waals surface area (Å²) in [7, 11) is 1.67. The van der Waals surface area contributed by atoms with Gasteiger partial charge in [-0.2, -0.15) is 0 Å². The van der Waals surface area contributed by atoms with Crippen molar-refractivity contribution in [2.75, 3.05) is 7.11 Å². The maximum atomic E-state index is 13.2. The highest BCUT2D eigenvalue weighted by Crippen LogP contribution is 2.36. The molecule has 1 aromatic heterocycles. The second-order valence-electron chi connectivity index (χ2n) is 9.51. The van der Waals surface area contributed by atoms with E-state index in [9.17, 15) is 4.79 Å². The number of nitrogens with zero attached hydrogens (tertiary/aromatic N) is 1. The van der Waals surface area contributed by atoms with Gasteiger partial charge in [-0.25, -0.2) is 0 Å². The van der Waals surface area contributed by atoms with Gasteiger partial charge >= 0.3 is 0 Å². The lowest BCUT2D eigenvalue weighted by Crippen LogP contribution is -2.25. The first kappa shape index (κ1) is 24.4. The molecule has 186 valence electrons. The van der Waals surface area contributed by atoms with Crippen LogP contribution in [0.3, 0.4) is 0 Å². The predicted octanol–water partition coefficient (Wildman–Crippen LogP) is 6.85. The third-order valence-electron chi connectivity index (χ3n) is 6.91. The summed E-state index contributed by atoms with van der Waals surface area (Å²) in [5.74, 6) is 0.740. The fraction of sp³-hybridized carbons (Fsp3) is 0.182. The van der Waals surface area contributed by atoms with Crippen molar-refractivity contribution in [2.45, 2.75) is 32.4 Å². The van der Waals surface area contributed by atoms with Crippen molar-refractivity contribution in [1.82, 2.24) is 9.88 Å². The molecule has 5 rings (SSSR count). The summed E-state index contributed by atoms with van der Waals surface area (Å²) in [5.41, 5.74) is 7.01. The van der Waals surface area contributed by atoms with E-state index in [0.717, 1.165) is 29.0 Å². The molecule has 5 aromatic rings. The van der Waals surface area contributed by atoms with Crippen LogP contribution in [0.4, 0.5) is 0 Å². The molecule has 0 saturated heterocycles. The smallest absolute Gasteiger partial charge is 0.221 e. The molecule has 4 nitrogen and oxygen atoms in total. The number of ether oxygens (including phenoxy) is 1. The van der Waals surface area contributed by atoms with Crippen LogP contribution in [0.15, 0.2) is 109 Å². The Bertz CT molecular complexity index is 1470. The molecule has 1 N–H and O–H groups in total. The van der Waals surface area contributed by atoms with E-state index in [1.807, 2.05) is 42.5 Å². The minimum Gasteiger partial charge on any atom is -0.497 e. The van der Waals surface area contributed by atoms with Crippen molar-refractivity contribution in [1.29, 1.82) is 0 Å². The number of rotatable bonds is 9. The molecule has 0 aliphatic carbocycles. The molecule has 37 heavy (non-hydrogen) atoms. The molecule has 1 atom stereocenters. The predicted molar refractivity (Wildman–Crippen MR) is 150 cm³/mol. The van der Waals surface area contributed by atoms with Crippen molar-refractivity contribution in [2.24, 2.45) is 0 Å². The molecule has 4 aromatic carbocycles. The number of hydrogen-bond acceptors (Lipinski definition) is 2. The zero-order chi connectivity index (χ0) is 25.6. The van der Waals surface area contributed by atoms with Crippen LogP contribution >= 0.6 is 0 Å². The number of fused-ring (bicyclic) bond motifs is 1. The number of amides is 1. The average Bonchev–Trinajstić information content (AvgIpc) is 3.30. The summed E-state index contributed by atoms with van der Waals surface area (Å²) >= 11 is 0. The van der Waals surface area contributed by atoms with Crippen LogP contribution in [0.25, 0.3) is 10.9 Å². The number of hydrogen-bond donors (Lipinski definition) is 1. The quantitative estimate of drug-likeness (QED) is 0.247. The summed E-state index contributed by atoms with van der Waals surface area (Å²) in [5, 5.41) is 4.29. The Labute approximate surface area is 218 Å². The number of aromatic nitrogens is 1. The van der Waals surface area contributed by atoms with Crippen LogP contribution < -0.4 is 10.1 Å². The second kappa shape index (κ2) is 11.2. The largest absolute Gasteiger partial charge is 0.497 e. The van der Waals surface area contributed by atoms with Crippen molar-refractivity contribution >= 4 is 16.8 Å². The lowest BCUT2D eigenvalue weighted by atomic mass is 9.88. The van der Waals surface area contributed by atoms with E-state index >= 15 is 0 Å². The molecule has 0 saturated carbocycles. The van der Waals surface area contributed by atoms with E-state index in [2.05, 4.69) is 83.7 Å². The highest BCUT2D eigenvalue weighted by Gasteiger charge is 2.23. The standard InChI is InChI=1S/C33H32N2O2/c1-24-12-14-26(15-13-24)22-35-23-31(29-10-6-7-11-32(29)35)30(27-16-18-28(37-2)19-17-27)20-33(36)34-21-25-8-4-3-5-9-25/h3-19,23,30H,20-22H2,1-2H3,(H,34,36)/t30-/m0/s1. The monoisotopic (exact) mass is 488 g/mol. The van der Waals surface area contributed by atoms with Crippen LogP contribution in [-0.4, -0.2) is 17.6 Å². The number of benzene rings is 4. The molecular formula is C33H32N2O2. The Morgan fingerprint density at radius 1 is 0.838 bits per heavy atom. The molecule has 0 radical (unpaired) electrons. The molecular weight excluding hydrogens is 456 g/mol. The first-order valence-electron chi connectivity index (χ1n) is 12.7. The van der Waals surface area contributed by atoms with Crippen LogP contribution in [-0.2, 0) is 17.9 Å². The van der Waals surface area contributed by atoms with Crippen LogP contribution in [0.2, 0.25) is 0 Å². The van der Waals surface area contributed by atoms with Crippen LogP contribution in [0.1, 0.15) is 40.2 Å². The topological polar surface area (TPSA) is 43.3 Å². The molecule has 1 heterocycles. The van der Waals surface area contributed by atoms with Gasteiger partial charge in [-0.15, -0.1) is 0 Å². The minimum absolute atomic E-state index is 0.0278. The zero-order valence-corrected chi connectivity index (χ0v) is 21.4. The Morgan fingerprint density at radius 3 is 2.27 bits per heavy atom. The van der Waals surface area contributed by atoms with Gasteiger partial charge in [-0.1, -0.05) is 90.5 Å². The van der Waals surface area contributed by atoms with Gasteiger partial charge in [0.15, 0.2) is 0 Å². The maximum Gasteiger partial charge on any atom is 0.221 e. The van der Waals surface area contributed by atoms with E-state index in [1.165, 1.54) is 22.0 Å². The lowest BCUT2D eigenvalue weighted by molar-refractivity contribution is -0.121. The van der Waals surface area contributed by atoms with E-state index in [-0.39, 0.29) is 11.8 Å². The highest BCUT2D eigenvalue weighted by molar-refractivity contribution is 5.87. The highest BCUT2D eigenvalue weighted by atomic mass is 16.5. The van der Waals surface area contributed by atoms with E-state index in [0.29, 0.717) is 13.0 Å². The third kappa shape index (κ3) is 5.75. The number of carbonyl (C=O) groups excluding carboxylic acids is 1. The SMILES string of the molecule is COc1ccc([C@H](CC(=O)NCc2ccccc2)c2cn(Cc3ccc(C)cc3)c3ccccc23)cc1. The van der Waals surface area contributed by atoms with Gasteiger partial charge in [-0.3, -0.25) is 4.79 Å². The van der Waals surface area contributed by atoms with Gasteiger partial charge in [0, 0.05) is 42.5 Å². The van der Waals surface area contributed by atoms with Gasteiger partial charge in [0.25, 0.3) is 0 Å². The van der Waals surface area contributed by atoms with Crippen LogP contribution in [0, 0.1) is 6.92 Å². The fourth-order valence-corrected chi connectivity index (χ4v) is 4.87. The molecule has 0 spiro atoms. The van der Waals surface area contributed by atoms with Crippen molar-refractivity contribution in [3.05, 3.63) is 137 Å². The number of carbonyl (C=O) groups is 1. The Balaban J connectivity index is 1.49. The molecule has 1 amide bonds. The molecule has 0 bridgehead atoms. The van der Waals surface area contributed by atoms with Crippen molar-refractivity contribution in [3.63, 3.8) is 0 Å². The molecule has 0 aliphatic heterocycles. The summed E-state index contributed by atoms with van der Waals surface area (Å²) in [6.45, 7) is 3.40. The van der Waals surface area contributed by atoms with E-state index in [1.54, 1.807) is 7.11 Å². The fourth-order valence-electron chi connectivity index (χ4n) is 4.87. The van der Waals surface area contributed by atoms with E-state index in [4.69, 9.17) is 4.74 Å². The van der Waals surface area contributed by atoms with Crippen molar-refractivity contribution < 1.29 is 9.53 Å². The molecule has 4 heteroatoms. The second-order valence-corrected chi connectivity index (χ2v) is 9.51. The van der Waals surface area contributed by atoms with Gasteiger partial charge in [0.2, 0.25) is 5.91 Å². The molecule has 0 aliphatic rings. The van der Waals surface area contributed by atoms with Gasteiger partial charge in [0.05, 0.1) is 7.11 Å². The van der Waals surface area contributed by atoms with Gasteiger partial charge in [0.1, 0.15) is 5.75 Å². The summed E-state index contributed by atoms with van der Waals surface area (Å²) in [6.07, 6.45) is 2.58. The Hall–Kier alpha value is -4.31. The number of methoxy groups -OCH3 is 1. The van der Waals surface area contributed by atoms with Crippen LogP contribution in [0.5, 0.6) is 5.75 Å². The first-order valence-corrected chi connectivity index (χ1v) is 12.7. The molecule has 0 fully saturated rings. The van der Waals surface area contributed by atoms with Gasteiger partial charge < -0.3 is 14.6 Å². The number of aryl methyl sites for hydroxylation is 1. The minimum atomic E-state index is -0.0918. The average molecular weight is 489 g/mol. The number of para-hydroxylation sites is 1. The first-order chi connectivity index (χ1) is 18.1. The third-order valence-corrected chi connectivity index (χ3v) is 6.91. The Kier molecular flexibility index (Phi) is 7.36. The van der Waals surface area contributed by atoms with Gasteiger partial charge in [-0.05, 0) is 47.4 Å². The molecule has 0 unspecified atom stereocenters. The number of nitrogens with one attached hydrogen (secondary N) is 1. The lowest BCUT2D eigenvalue weighted by Gasteiger charge is -2.18. The maximum absolute atomic E-state index is 13.2.